The summed E-state index contributed by atoms with van der Waals surface area (Å²) in [7, 11) is 1.84. The molecule has 0 unspecified atom stereocenters. The summed E-state index contributed by atoms with van der Waals surface area (Å²) in [6.07, 6.45) is 0. The number of primary amides is 1. The van der Waals surface area contributed by atoms with E-state index in [0.29, 0.717) is 28.9 Å². The Labute approximate surface area is 173 Å². The van der Waals surface area contributed by atoms with Crippen molar-refractivity contribution in [3.05, 3.63) is 70.6 Å². The predicted octanol–water partition coefficient (Wildman–Crippen LogP) is 2.38. The third-order valence-electron chi connectivity index (χ3n) is 4.59. The fourth-order valence-corrected chi connectivity index (χ4v) is 2.94. The van der Waals surface area contributed by atoms with Crippen molar-refractivity contribution < 1.29 is 14.1 Å². The summed E-state index contributed by atoms with van der Waals surface area (Å²) >= 11 is 0. The average Bonchev–Trinajstić information content (AvgIpc) is 3.14. The molecular formula is C21H22N6O3. The van der Waals surface area contributed by atoms with Crippen LogP contribution in [0.15, 0.2) is 57.4 Å². The molecule has 3 rings (SSSR count). The van der Waals surface area contributed by atoms with Gasteiger partial charge < -0.3 is 20.5 Å². The molecule has 2 amide bonds. The Hall–Kier alpha value is -4.01. The summed E-state index contributed by atoms with van der Waals surface area (Å²) in [5.41, 5.74) is 7.55. The molecule has 0 aliphatic heterocycles. The van der Waals surface area contributed by atoms with E-state index >= 15 is 0 Å². The maximum Gasteiger partial charge on any atom is 0.267 e. The van der Waals surface area contributed by atoms with Crippen molar-refractivity contribution >= 4 is 29.4 Å². The van der Waals surface area contributed by atoms with Crippen LogP contribution in [0, 0.1) is 6.92 Å². The van der Waals surface area contributed by atoms with E-state index in [1.54, 1.807) is 31.2 Å². The summed E-state index contributed by atoms with van der Waals surface area (Å²) < 4.78 is 5.08. The monoisotopic (exact) mass is 406 g/mol. The number of carbonyl (C=O) groups excluding carboxylic acids is 2. The van der Waals surface area contributed by atoms with Crippen LogP contribution >= 0.6 is 0 Å². The van der Waals surface area contributed by atoms with Gasteiger partial charge in [-0.2, -0.15) is 0 Å². The zero-order valence-corrected chi connectivity index (χ0v) is 17.0. The first kappa shape index (κ1) is 20.7. The van der Waals surface area contributed by atoms with Gasteiger partial charge in [0.15, 0.2) is 5.82 Å². The molecule has 0 aliphatic carbocycles. The Bertz CT molecular complexity index is 1160. The van der Waals surface area contributed by atoms with Gasteiger partial charge in [0.25, 0.3) is 11.8 Å². The van der Waals surface area contributed by atoms with E-state index in [1.807, 2.05) is 24.9 Å². The van der Waals surface area contributed by atoms with Gasteiger partial charge in [-0.25, -0.2) is 9.98 Å². The Kier molecular flexibility index (Phi) is 5.91. The quantitative estimate of drug-likeness (QED) is 0.580. The van der Waals surface area contributed by atoms with Gasteiger partial charge in [-0.3, -0.25) is 9.59 Å². The van der Waals surface area contributed by atoms with Gasteiger partial charge in [0, 0.05) is 18.5 Å². The number of pyridine rings is 1. The van der Waals surface area contributed by atoms with Crippen molar-refractivity contribution in [1.29, 1.82) is 0 Å². The number of allylic oxidation sites excluding steroid dienone is 1. The first-order valence-corrected chi connectivity index (χ1v) is 9.12. The topological polar surface area (TPSA) is 127 Å². The van der Waals surface area contributed by atoms with E-state index in [9.17, 15) is 9.59 Å². The number of para-hydroxylation sites is 1. The third kappa shape index (κ3) is 4.35. The summed E-state index contributed by atoms with van der Waals surface area (Å²) in [6.45, 7) is 7.64. The van der Waals surface area contributed by atoms with Gasteiger partial charge in [-0.15, -0.1) is 0 Å². The standard InChI is InChI=1S/C21H22N6O3/c1-12-9-14(26-30-12)11-27(4)13(2)20(23-3)25-21(29)16-10-18(19(22)28)24-17-8-6-5-7-15(16)17/h5-10H,3,11H2,1-2,4H3,(H2,22,28)(H,25,29)/b20-13+. The van der Waals surface area contributed by atoms with Crippen molar-refractivity contribution in [2.24, 2.45) is 10.7 Å². The highest BCUT2D eigenvalue weighted by Gasteiger charge is 2.18. The second-order valence-corrected chi connectivity index (χ2v) is 6.77. The van der Waals surface area contributed by atoms with Gasteiger partial charge in [-0.1, -0.05) is 23.4 Å². The zero-order valence-electron chi connectivity index (χ0n) is 17.0. The molecule has 3 aromatic rings. The van der Waals surface area contributed by atoms with Crippen molar-refractivity contribution in [1.82, 2.24) is 20.4 Å². The summed E-state index contributed by atoms with van der Waals surface area (Å²) in [4.78, 5) is 34.7. The summed E-state index contributed by atoms with van der Waals surface area (Å²) in [5, 5.41) is 7.32. The Morgan fingerprint density at radius 2 is 2.03 bits per heavy atom. The molecule has 3 N–H and O–H groups in total. The van der Waals surface area contributed by atoms with E-state index < -0.39 is 11.8 Å². The number of rotatable bonds is 7. The molecule has 154 valence electrons. The molecule has 0 radical (unpaired) electrons. The van der Waals surface area contributed by atoms with Gasteiger partial charge >= 0.3 is 0 Å². The maximum atomic E-state index is 13.0. The highest BCUT2D eigenvalue weighted by Crippen LogP contribution is 2.19. The van der Waals surface area contributed by atoms with Crippen LogP contribution in [-0.4, -0.2) is 40.6 Å². The highest BCUT2D eigenvalue weighted by atomic mass is 16.5. The SMILES string of the molecule is C=N/C(NC(=O)c1cc(C(N)=O)nc2ccccc12)=C(/C)N(C)Cc1cc(C)on1. The molecule has 30 heavy (non-hydrogen) atoms. The fourth-order valence-electron chi connectivity index (χ4n) is 2.94. The number of hydrogen-bond acceptors (Lipinski definition) is 7. The number of carbonyl (C=O) groups is 2. The molecule has 0 fully saturated rings. The lowest BCUT2D eigenvalue weighted by atomic mass is 10.1. The number of aromatic nitrogens is 2. The number of nitrogens with one attached hydrogen (secondary N) is 1. The lowest BCUT2D eigenvalue weighted by molar-refractivity contribution is 0.0965. The van der Waals surface area contributed by atoms with Crippen LogP contribution < -0.4 is 11.1 Å². The maximum absolute atomic E-state index is 13.0. The number of hydrogen-bond donors (Lipinski definition) is 2. The normalized spacial score (nSPS) is 11.7. The van der Waals surface area contributed by atoms with E-state index in [0.717, 1.165) is 5.69 Å². The molecule has 1 aromatic carbocycles. The van der Waals surface area contributed by atoms with Gasteiger partial charge in [-0.05, 0) is 32.7 Å². The number of amides is 2. The molecule has 0 bridgehead atoms. The molecule has 2 aromatic heterocycles. The predicted molar refractivity (Wildman–Crippen MR) is 113 cm³/mol. The Morgan fingerprint density at radius 3 is 2.67 bits per heavy atom. The first-order chi connectivity index (χ1) is 14.3. The zero-order chi connectivity index (χ0) is 21.8. The molecule has 2 heterocycles. The van der Waals surface area contributed by atoms with Gasteiger partial charge in [0.1, 0.15) is 17.1 Å². The third-order valence-corrected chi connectivity index (χ3v) is 4.59. The second kappa shape index (κ2) is 8.56. The lowest BCUT2D eigenvalue weighted by Gasteiger charge is -2.21. The Morgan fingerprint density at radius 1 is 1.30 bits per heavy atom. The minimum atomic E-state index is -0.716. The fraction of sp³-hybridized carbons (Fsp3) is 0.190. The molecular weight excluding hydrogens is 384 g/mol. The van der Waals surface area contributed by atoms with Crippen molar-refractivity contribution in [2.75, 3.05) is 7.05 Å². The molecule has 9 nitrogen and oxygen atoms in total. The van der Waals surface area contributed by atoms with Crippen LogP contribution in [0.3, 0.4) is 0 Å². The number of nitrogens with zero attached hydrogens (tertiary/aromatic N) is 4. The van der Waals surface area contributed by atoms with Crippen LogP contribution in [0.1, 0.15) is 39.2 Å². The van der Waals surface area contributed by atoms with Crippen LogP contribution in [0.4, 0.5) is 0 Å². The van der Waals surface area contributed by atoms with Crippen LogP contribution in [-0.2, 0) is 6.54 Å². The number of nitrogens with two attached hydrogens (primary N) is 1. The lowest BCUT2D eigenvalue weighted by Crippen LogP contribution is -2.27. The van der Waals surface area contributed by atoms with E-state index in [4.69, 9.17) is 10.3 Å². The van der Waals surface area contributed by atoms with Crippen LogP contribution in [0.5, 0.6) is 0 Å². The van der Waals surface area contributed by atoms with Crippen LogP contribution in [0.2, 0.25) is 0 Å². The summed E-state index contributed by atoms with van der Waals surface area (Å²) in [5.74, 6) is -0.177. The molecule has 0 saturated carbocycles. The number of fused-ring (bicyclic) bond motifs is 1. The molecule has 0 aliphatic rings. The Balaban J connectivity index is 1.92. The summed E-state index contributed by atoms with van der Waals surface area (Å²) in [6, 6.07) is 10.2. The first-order valence-electron chi connectivity index (χ1n) is 9.12. The molecule has 0 spiro atoms. The van der Waals surface area contributed by atoms with Crippen LogP contribution in [0.25, 0.3) is 10.9 Å². The van der Waals surface area contributed by atoms with Crippen molar-refractivity contribution in [3.63, 3.8) is 0 Å². The number of aliphatic imine (C=N–C) groups is 1. The minimum absolute atomic E-state index is 0.00573. The highest BCUT2D eigenvalue weighted by molar-refractivity contribution is 6.08. The molecule has 0 saturated heterocycles. The van der Waals surface area contributed by atoms with E-state index in [2.05, 4.69) is 27.2 Å². The largest absolute Gasteiger partial charge is 0.369 e. The molecule has 9 heteroatoms. The number of aryl methyl sites for hydroxylation is 1. The average molecular weight is 406 g/mol. The smallest absolute Gasteiger partial charge is 0.267 e. The van der Waals surface area contributed by atoms with Gasteiger partial charge in [0.2, 0.25) is 0 Å². The minimum Gasteiger partial charge on any atom is -0.369 e. The van der Waals surface area contributed by atoms with E-state index in [1.165, 1.54) is 6.07 Å². The number of benzene rings is 1. The van der Waals surface area contributed by atoms with E-state index in [-0.39, 0.29) is 17.1 Å². The molecule has 0 atom stereocenters. The van der Waals surface area contributed by atoms with Crippen molar-refractivity contribution in [2.45, 2.75) is 20.4 Å². The van der Waals surface area contributed by atoms with Gasteiger partial charge in [0.05, 0.1) is 23.3 Å². The van der Waals surface area contributed by atoms with Crippen molar-refractivity contribution in [3.8, 4) is 0 Å². The second-order valence-electron chi connectivity index (χ2n) is 6.77.